The number of rotatable bonds is 25. The minimum absolute atomic E-state index is 0.0106. The van der Waals surface area contributed by atoms with Crippen LogP contribution < -0.4 is 5.32 Å². The van der Waals surface area contributed by atoms with E-state index in [4.69, 9.17) is 85.3 Å². The smallest absolute Gasteiger partial charge is 0.331 e. The third-order valence-electron chi connectivity index (χ3n) is 30.1. The Labute approximate surface area is 738 Å². The van der Waals surface area contributed by atoms with Crippen LogP contribution in [0.1, 0.15) is 132 Å². The number of esters is 3. The summed E-state index contributed by atoms with van der Waals surface area (Å²) in [5, 5.41) is 216. The number of amides is 1. The molecular formula is C86H129NO41. The van der Waals surface area contributed by atoms with Crippen LogP contribution in [-0.2, 0) is 104 Å². The molecule has 128 heavy (non-hydrogen) atoms. The molecule has 724 valence electrons. The van der Waals surface area contributed by atoms with Gasteiger partial charge in [0.25, 0.3) is 0 Å². The second kappa shape index (κ2) is 39.5. The van der Waals surface area contributed by atoms with Crippen LogP contribution in [-0.4, -0.2) is 395 Å². The van der Waals surface area contributed by atoms with Crippen LogP contribution in [0.4, 0.5) is 0 Å². The molecule has 12 fully saturated rings. The maximum Gasteiger partial charge on any atom is 0.331 e. The lowest BCUT2D eigenvalue weighted by Crippen LogP contribution is -2.70. The fraction of sp³-hybridized carbons (Fsp3) is 0.837. The maximum atomic E-state index is 16.5. The quantitative estimate of drug-likeness (QED) is 0.0143. The average Bonchev–Trinajstić information content (AvgIpc) is 0.827. The van der Waals surface area contributed by atoms with Gasteiger partial charge in [-0.25, -0.2) is 4.79 Å². The first kappa shape index (κ1) is 99.2. The number of carbonyl (C=O) groups excluding carboxylic acids is 4. The fourth-order valence-corrected chi connectivity index (χ4v) is 23.2. The number of fused-ring (bicyclic) bond motifs is 7. The van der Waals surface area contributed by atoms with Gasteiger partial charge >= 0.3 is 17.9 Å². The van der Waals surface area contributed by atoms with Gasteiger partial charge < -0.3 is 188 Å². The second-order valence-electron chi connectivity index (χ2n) is 38.7. The number of hydrogen-bond donors (Lipinski definition) is 20. The molecule has 8 heterocycles. The molecule has 0 radical (unpaired) electrons. The van der Waals surface area contributed by atoms with E-state index in [-0.39, 0.29) is 31.1 Å². The molecule has 20 N–H and O–H groups in total. The summed E-state index contributed by atoms with van der Waals surface area (Å²) < 4.78 is 110. The molecule has 8 aliphatic heterocycles. The van der Waals surface area contributed by atoms with Crippen molar-refractivity contribution >= 4 is 29.9 Å². The largest absolute Gasteiger partial charge is 0.463 e. The number of aliphatic hydroxyl groups is 19. The Morgan fingerprint density at radius 2 is 1.08 bits per heavy atom. The number of aliphatic hydroxyl groups excluding tert-OH is 19. The predicted octanol–water partition coefficient (Wildman–Crippen LogP) is -5.25. The predicted molar refractivity (Wildman–Crippen MR) is 425 cm³/mol. The standard InChI is InChI=1S/C86H129NO41/c1-35(90)87-53-58(102)67(125-77-61(105)59(103)56(100)43(28-88)116-77)46(34-115-74-63(107)65(41(94)31-112-74)122-52-26-39(92)55(99)72(109)123-52)118-73(53)120-50-21-24-83(7)47(82(50,5)6)20-25-84(8)48(83)18-17-38-71-81(3,4)22-13-23-86(71,49(96)27-85(38,84)9)80(110)128-79-70(127-75-64(108)66(42(95)32-113-75)124-76-60(104)57(101)44(29-89)117-76)62(106)68(45(119-79)33-111-36(2)91)126-78-69(54(98)40(93)30-114-78)121-51(97)19-16-37-14-11-10-12-15-37/h10-12,14-17,19,39-50,52-79,88-89,92-96,98-109H,13,18,20-34H2,1-9H3,(H,87,90). The lowest BCUT2D eigenvalue weighted by atomic mass is 9.32. The SMILES string of the molecule is CC(=O)NC1C(OC2CCC3(C)C(CCC4(C)C3CC=C3C5C(C)(C)CCCC5(C(=O)OC5OC(COC(C)=O)C(OC6OCC(O)C(O)C6OC(=O)C=Cc6ccccc6)C(O)C5OC5OCC(O)C(OC6OC(CO)C(O)C6O)C5O)C(O)CC34C)C2(C)C)OC(COC2OCC(O)C(OC3CC(O)C(O)C(O)O3)C2O)C(OC2OC(CO)C(O)C(O)C2O)C1O. The van der Waals surface area contributed by atoms with Gasteiger partial charge in [0.15, 0.2) is 62.5 Å². The summed E-state index contributed by atoms with van der Waals surface area (Å²) in [6.45, 7) is 12.2. The zero-order valence-electron chi connectivity index (χ0n) is 72.7. The van der Waals surface area contributed by atoms with Crippen molar-refractivity contribution in [3.8, 4) is 0 Å². The van der Waals surface area contributed by atoms with Crippen molar-refractivity contribution in [3.63, 3.8) is 0 Å². The molecule has 42 heteroatoms. The summed E-state index contributed by atoms with van der Waals surface area (Å²) >= 11 is 0. The monoisotopic (exact) mass is 1830 g/mol. The van der Waals surface area contributed by atoms with Crippen molar-refractivity contribution in [2.24, 2.45) is 50.2 Å². The Kier molecular flexibility index (Phi) is 30.6. The van der Waals surface area contributed by atoms with E-state index in [9.17, 15) is 111 Å². The van der Waals surface area contributed by atoms with E-state index in [2.05, 4.69) is 46.0 Å². The highest BCUT2D eigenvalue weighted by molar-refractivity contribution is 5.87. The third-order valence-corrected chi connectivity index (χ3v) is 30.1. The van der Waals surface area contributed by atoms with Crippen LogP contribution in [0.3, 0.4) is 0 Å². The second-order valence-corrected chi connectivity index (χ2v) is 38.7. The number of carbonyl (C=O) groups is 4. The number of benzene rings is 1. The summed E-state index contributed by atoms with van der Waals surface area (Å²) in [6, 6.07) is 7.13. The zero-order valence-corrected chi connectivity index (χ0v) is 72.7. The van der Waals surface area contributed by atoms with Gasteiger partial charge in [-0.2, -0.15) is 0 Å². The number of allylic oxidation sites excluding steroid dienone is 2. The molecule has 0 spiro atoms. The van der Waals surface area contributed by atoms with Gasteiger partial charge in [0, 0.05) is 32.3 Å². The van der Waals surface area contributed by atoms with Crippen molar-refractivity contribution in [2.45, 2.75) is 354 Å². The van der Waals surface area contributed by atoms with E-state index in [0.717, 1.165) is 18.6 Å². The van der Waals surface area contributed by atoms with Crippen LogP contribution in [0.5, 0.6) is 0 Å². The van der Waals surface area contributed by atoms with E-state index in [0.29, 0.717) is 50.5 Å². The van der Waals surface area contributed by atoms with E-state index in [1.807, 2.05) is 13.8 Å². The molecular weight excluding hydrogens is 1700 g/mol. The Balaban J connectivity index is 0.738. The molecule has 5 aliphatic carbocycles. The van der Waals surface area contributed by atoms with E-state index < -0.39 is 336 Å². The molecule has 1 amide bonds. The van der Waals surface area contributed by atoms with E-state index in [1.54, 1.807) is 30.3 Å². The molecule has 1 aromatic carbocycles. The summed E-state index contributed by atoms with van der Waals surface area (Å²) in [5.74, 6) is -4.63. The highest BCUT2D eigenvalue weighted by Crippen LogP contribution is 2.77. The molecule has 44 atom stereocenters. The van der Waals surface area contributed by atoms with Gasteiger partial charge in [0.1, 0.15) is 152 Å². The highest BCUT2D eigenvalue weighted by Gasteiger charge is 2.74. The summed E-state index contributed by atoms with van der Waals surface area (Å²) in [5.41, 5.74) is -3.90. The Morgan fingerprint density at radius 3 is 1.73 bits per heavy atom. The van der Waals surface area contributed by atoms with Gasteiger partial charge in [-0.3, -0.25) is 14.4 Å². The fourth-order valence-electron chi connectivity index (χ4n) is 23.2. The van der Waals surface area contributed by atoms with Gasteiger partial charge in [-0.05, 0) is 102 Å². The Hall–Kier alpha value is -4.78. The van der Waals surface area contributed by atoms with Gasteiger partial charge in [-0.1, -0.05) is 96.9 Å². The molecule has 4 saturated carbocycles. The lowest BCUT2D eigenvalue weighted by Gasteiger charge is -2.72. The Morgan fingerprint density at radius 1 is 0.500 bits per heavy atom. The normalized spacial score (nSPS) is 48.9. The lowest BCUT2D eigenvalue weighted by molar-refractivity contribution is -0.377. The molecule has 14 rings (SSSR count). The molecule has 1 aromatic rings. The van der Waals surface area contributed by atoms with Crippen LogP contribution in [0.25, 0.3) is 6.08 Å². The van der Waals surface area contributed by atoms with E-state index in [1.165, 1.54) is 13.0 Å². The highest BCUT2D eigenvalue weighted by atomic mass is 16.8. The molecule has 13 aliphatic rings. The summed E-state index contributed by atoms with van der Waals surface area (Å²) in [6.07, 6.45) is -54.9. The van der Waals surface area contributed by atoms with Crippen LogP contribution in [0, 0.1) is 50.2 Å². The van der Waals surface area contributed by atoms with Gasteiger partial charge in [0.2, 0.25) is 12.2 Å². The van der Waals surface area contributed by atoms with E-state index >= 15 is 4.79 Å². The van der Waals surface area contributed by atoms with Crippen molar-refractivity contribution in [1.82, 2.24) is 5.32 Å². The minimum atomic E-state index is -2.20. The molecule has 0 aromatic heterocycles. The number of nitrogens with one attached hydrogen (secondary N) is 1. The first-order chi connectivity index (χ1) is 60.4. The summed E-state index contributed by atoms with van der Waals surface area (Å²) in [4.78, 5) is 56.3. The van der Waals surface area contributed by atoms with Crippen molar-refractivity contribution < 1.29 is 201 Å². The minimum Gasteiger partial charge on any atom is -0.463 e. The van der Waals surface area contributed by atoms with Crippen LogP contribution in [0.2, 0.25) is 0 Å². The average molecular weight is 1830 g/mol. The third kappa shape index (κ3) is 18.9. The maximum absolute atomic E-state index is 16.5. The van der Waals surface area contributed by atoms with Crippen molar-refractivity contribution in [2.75, 3.05) is 46.2 Å². The Bertz CT molecular complexity index is 3990. The summed E-state index contributed by atoms with van der Waals surface area (Å²) in [7, 11) is 0. The number of hydrogen-bond acceptors (Lipinski definition) is 41. The molecule has 0 bridgehead atoms. The van der Waals surface area contributed by atoms with Crippen LogP contribution in [0.15, 0.2) is 48.1 Å². The number of ether oxygens (including phenoxy) is 18. The van der Waals surface area contributed by atoms with Gasteiger partial charge in [0.05, 0.1) is 58.0 Å². The first-order valence-electron chi connectivity index (χ1n) is 44.1. The first-order valence-corrected chi connectivity index (χ1v) is 44.1. The molecule has 44 unspecified atom stereocenters. The van der Waals surface area contributed by atoms with Crippen LogP contribution >= 0.6 is 0 Å². The zero-order chi connectivity index (χ0) is 92.7. The van der Waals surface area contributed by atoms with Gasteiger partial charge in [-0.15, -0.1) is 0 Å². The van der Waals surface area contributed by atoms with Crippen molar-refractivity contribution in [3.05, 3.63) is 53.6 Å². The molecule has 8 saturated heterocycles. The van der Waals surface area contributed by atoms with Crippen molar-refractivity contribution in [1.29, 1.82) is 0 Å². The topological polar surface area (TPSA) is 631 Å². The molecule has 42 nitrogen and oxygen atoms in total.